The second kappa shape index (κ2) is 7.65. The van der Waals surface area contributed by atoms with Gasteiger partial charge in [0.1, 0.15) is 11.5 Å². The molecule has 3 rings (SSSR count). The van der Waals surface area contributed by atoms with Gasteiger partial charge in [0.05, 0.1) is 12.1 Å². The molecule has 0 aliphatic carbocycles. The van der Waals surface area contributed by atoms with E-state index in [4.69, 9.17) is 4.52 Å². The van der Waals surface area contributed by atoms with E-state index in [1.54, 1.807) is 12.1 Å². The van der Waals surface area contributed by atoms with E-state index in [9.17, 15) is 9.59 Å². The van der Waals surface area contributed by atoms with Gasteiger partial charge in [-0.2, -0.15) is 0 Å². The summed E-state index contributed by atoms with van der Waals surface area (Å²) in [4.78, 5) is 23.3. The fraction of sp³-hybridized carbons (Fsp3) is 0.150. The van der Waals surface area contributed by atoms with E-state index in [0.29, 0.717) is 11.3 Å². The molecule has 1 aromatic heterocycles. The van der Waals surface area contributed by atoms with Crippen molar-refractivity contribution in [3.63, 3.8) is 0 Å². The predicted octanol–water partition coefficient (Wildman–Crippen LogP) is 2.79. The maximum atomic E-state index is 12.1. The fourth-order valence-corrected chi connectivity index (χ4v) is 2.64. The largest absolute Gasteiger partial charge is 0.360 e. The minimum atomic E-state index is -0.300. The SMILES string of the molecule is CNC(=O)CNC(=O)c1ccc(-c2c(-c3ccccc3)noc2C)cc1. The zero-order valence-corrected chi connectivity index (χ0v) is 14.6. The standard InChI is InChI=1S/C20H19N3O3/c1-13-18(19(23-26-13)15-6-4-3-5-7-15)14-8-10-16(11-9-14)20(25)22-12-17(24)21-2/h3-11H,12H2,1-2H3,(H,21,24)(H,22,25). The lowest BCUT2D eigenvalue weighted by Crippen LogP contribution is -2.35. The van der Waals surface area contributed by atoms with Crippen molar-refractivity contribution in [1.82, 2.24) is 15.8 Å². The first kappa shape index (κ1) is 17.4. The number of likely N-dealkylation sites (N-methyl/N-ethyl adjacent to an activating group) is 1. The molecule has 6 nitrogen and oxygen atoms in total. The number of nitrogens with one attached hydrogen (secondary N) is 2. The molecule has 0 aliphatic heterocycles. The van der Waals surface area contributed by atoms with Gasteiger partial charge >= 0.3 is 0 Å². The van der Waals surface area contributed by atoms with Crippen LogP contribution in [0.25, 0.3) is 22.4 Å². The van der Waals surface area contributed by atoms with Gasteiger partial charge in [0.15, 0.2) is 0 Å². The highest BCUT2D eigenvalue weighted by Crippen LogP contribution is 2.34. The van der Waals surface area contributed by atoms with Crippen LogP contribution in [0.1, 0.15) is 16.1 Å². The van der Waals surface area contributed by atoms with Gasteiger partial charge in [-0.25, -0.2) is 0 Å². The molecule has 2 aromatic carbocycles. The summed E-state index contributed by atoms with van der Waals surface area (Å²) in [5.41, 5.74) is 4.01. The number of aromatic nitrogens is 1. The van der Waals surface area contributed by atoms with Crippen LogP contribution < -0.4 is 10.6 Å². The summed E-state index contributed by atoms with van der Waals surface area (Å²) in [7, 11) is 1.52. The van der Waals surface area contributed by atoms with Crippen molar-refractivity contribution in [2.24, 2.45) is 0 Å². The molecule has 2 N–H and O–H groups in total. The summed E-state index contributed by atoms with van der Waals surface area (Å²) in [6, 6.07) is 16.9. The Morgan fingerprint density at radius 3 is 2.35 bits per heavy atom. The Kier molecular flexibility index (Phi) is 5.12. The van der Waals surface area contributed by atoms with Crippen molar-refractivity contribution >= 4 is 11.8 Å². The van der Waals surface area contributed by atoms with Gasteiger partial charge in [0.25, 0.3) is 5.91 Å². The van der Waals surface area contributed by atoms with Gasteiger partial charge < -0.3 is 15.2 Å². The zero-order chi connectivity index (χ0) is 18.5. The number of aryl methyl sites for hydroxylation is 1. The van der Waals surface area contributed by atoms with E-state index in [1.165, 1.54) is 7.05 Å². The van der Waals surface area contributed by atoms with Crippen molar-refractivity contribution in [2.75, 3.05) is 13.6 Å². The van der Waals surface area contributed by atoms with Crippen molar-refractivity contribution in [3.8, 4) is 22.4 Å². The zero-order valence-electron chi connectivity index (χ0n) is 14.6. The number of carbonyl (C=O) groups is 2. The van der Waals surface area contributed by atoms with Gasteiger partial charge in [-0.15, -0.1) is 0 Å². The van der Waals surface area contributed by atoms with Crippen LogP contribution in [-0.4, -0.2) is 30.6 Å². The second-order valence-corrected chi connectivity index (χ2v) is 5.76. The average molecular weight is 349 g/mol. The molecular formula is C20H19N3O3. The molecule has 1 heterocycles. The fourth-order valence-electron chi connectivity index (χ4n) is 2.64. The molecule has 0 saturated carbocycles. The lowest BCUT2D eigenvalue weighted by atomic mass is 9.98. The van der Waals surface area contributed by atoms with Gasteiger partial charge in [-0.05, 0) is 24.6 Å². The Morgan fingerprint density at radius 1 is 1.00 bits per heavy atom. The normalized spacial score (nSPS) is 10.4. The number of benzene rings is 2. The molecule has 0 spiro atoms. The third-order valence-electron chi connectivity index (χ3n) is 4.03. The van der Waals surface area contributed by atoms with Crippen molar-refractivity contribution in [2.45, 2.75) is 6.92 Å². The lowest BCUT2D eigenvalue weighted by molar-refractivity contribution is -0.119. The van der Waals surface area contributed by atoms with Gasteiger partial charge in [-0.1, -0.05) is 47.6 Å². The molecule has 0 unspecified atom stereocenters. The van der Waals surface area contributed by atoms with Gasteiger partial charge in [0, 0.05) is 18.2 Å². The Hall–Kier alpha value is -3.41. The quantitative estimate of drug-likeness (QED) is 0.742. The summed E-state index contributed by atoms with van der Waals surface area (Å²) < 4.78 is 5.39. The molecule has 2 amide bonds. The number of hydrogen-bond donors (Lipinski definition) is 2. The molecule has 0 saturated heterocycles. The molecule has 3 aromatic rings. The van der Waals surface area contributed by atoms with Crippen LogP contribution in [0.5, 0.6) is 0 Å². The molecule has 0 bridgehead atoms. The van der Waals surface area contributed by atoms with Crippen LogP contribution >= 0.6 is 0 Å². The maximum absolute atomic E-state index is 12.1. The van der Waals surface area contributed by atoms with E-state index < -0.39 is 0 Å². The van der Waals surface area contributed by atoms with E-state index in [2.05, 4.69) is 15.8 Å². The Balaban J connectivity index is 1.85. The number of rotatable bonds is 5. The first-order chi connectivity index (χ1) is 12.6. The highest BCUT2D eigenvalue weighted by molar-refractivity contribution is 5.97. The van der Waals surface area contributed by atoms with Crippen LogP contribution in [0, 0.1) is 6.92 Å². The molecule has 6 heteroatoms. The maximum Gasteiger partial charge on any atom is 0.251 e. The van der Waals surface area contributed by atoms with E-state index in [-0.39, 0.29) is 18.4 Å². The topological polar surface area (TPSA) is 84.2 Å². The van der Waals surface area contributed by atoms with Crippen LogP contribution in [0.15, 0.2) is 59.1 Å². The smallest absolute Gasteiger partial charge is 0.251 e. The summed E-state index contributed by atoms with van der Waals surface area (Å²) in [5.74, 6) is 0.161. The molecule has 0 radical (unpaired) electrons. The van der Waals surface area contributed by atoms with Gasteiger partial charge in [-0.3, -0.25) is 9.59 Å². The number of nitrogens with zero attached hydrogens (tertiary/aromatic N) is 1. The monoisotopic (exact) mass is 349 g/mol. The lowest BCUT2D eigenvalue weighted by Gasteiger charge is -2.06. The van der Waals surface area contributed by atoms with Crippen LogP contribution in [-0.2, 0) is 4.79 Å². The minimum Gasteiger partial charge on any atom is -0.360 e. The van der Waals surface area contributed by atoms with Crippen LogP contribution in [0.3, 0.4) is 0 Å². The van der Waals surface area contributed by atoms with E-state index in [0.717, 1.165) is 22.4 Å². The average Bonchev–Trinajstić information content (AvgIpc) is 3.08. The number of hydrogen-bond acceptors (Lipinski definition) is 4. The molecule has 0 fully saturated rings. The minimum absolute atomic E-state index is 0.0556. The van der Waals surface area contributed by atoms with Crippen LogP contribution in [0.4, 0.5) is 0 Å². The first-order valence-corrected chi connectivity index (χ1v) is 8.21. The summed E-state index contributed by atoms with van der Waals surface area (Å²) in [5, 5.41) is 9.21. The Bertz CT molecular complexity index is 915. The Labute approximate surface area is 151 Å². The van der Waals surface area contributed by atoms with Crippen molar-refractivity contribution in [3.05, 3.63) is 65.9 Å². The number of carbonyl (C=O) groups excluding carboxylic acids is 2. The highest BCUT2D eigenvalue weighted by Gasteiger charge is 2.17. The summed E-state index contributed by atoms with van der Waals surface area (Å²) >= 11 is 0. The van der Waals surface area contributed by atoms with E-state index in [1.807, 2.05) is 49.4 Å². The first-order valence-electron chi connectivity index (χ1n) is 8.21. The third-order valence-corrected chi connectivity index (χ3v) is 4.03. The predicted molar refractivity (Wildman–Crippen MR) is 98.5 cm³/mol. The molecular weight excluding hydrogens is 330 g/mol. The molecule has 132 valence electrons. The molecule has 0 atom stereocenters. The third kappa shape index (κ3) is 3.64. The number of amides is 2. The van der Waals surface area contributed by atoms with E-state index >= 15 is 0 Å². The summed E-state index contributed by atoms with van der Waals surface area (Å²) in [6.07, 6.45) is 0. The van der Waals surface area contributed by atoms with Crippen molar-refractivity contribution in [1.29, 1.82) is 0 Å². The van der Waals surface area contributed by atoms with Gasteiger partial charge in [0.2, 0.25) is 5.91 Å². The molecule has 0 aliphatic rings. The molecule has 26 heavy (non-hydrogen) atoms. The Morgan fingerprint density at radius 2 is 1.69 bits per heavy atom. The van der Waals surface area contributed by atoms with Crippen LogP contribution in [0.2, 0.25) is 0 Å². The highest BCUT2D eigenvalue weighted by atomic mass is 16.5. The van der Waals surface area contributed by atoms with Crippen molar-refractivity contribution < 1.29 is 14.1 Å². The second-order valence-electron chi connectivity index (χ2n) is 5.76. The summed E-state index contributed by atoms with van der Waals surface area (Å²) in [6.45, 7) is 1.80.